The van der Waals surface area contributed by atoms with Gasteiger partial charge in [0.25, 0.3) is 0 Å². The average Bonchev–Trinajstić information content (AvgIpc) is 2.47. The van der Waals surface area contributed by atoms with E-state index in [9.17, 15) is 0 Å². The molecule has 0 aromatic carbocycles. The smallest absolute Gasteiger partial charge is 0.0580 e. The van der Waals surface area contributed by atoms with E-state index in [2.05, 4.69) is 19.2 Å². The largest absolute Gasteiger partial charge is 0.375 e. The van der Waals surface area contributed by atoms with Gasteiger partial charge in [0.15, 0.2) is 0 Å². The second kappa shape index (κ2) is 4.83. The Hall–Kier alpha value is -0.0800. The molecule has 1 aliphatic rings. The van der Waals surface area contributed by atoms with Crippen LogP contribution in [0.1, 0.15) is 39.5 Å². The zero-order valence-electron chi connectivity index (χ0n) is 8.47. The maximum atomic E-state index is 5.73. The lowest BCUT2D eigenvalue weighted by Gasteiger charge is -2.14. The Morgan fingerprint density at radius 3 is 2.75 bits per heavy atom. The lowest BCUT2D eigenvalue weighted by Crippen LogP contribution is -2.23. The van der Waals surface area contributed by atoms with E-state index in [-0.39, 0.29) is 0 Å². The van der Waals surface area contributed by atoms with E-state index in [1.165, 1.54) is 25.7 Å². The molecule has 1 N–H and O–H groups in total. The summed E-state index contributed by atoms with van der Waals surface area (Å²) in [6.07, 6.45) is 5.99. The number of rotatable bonds is 4. The van der Waals surface area contributed by atoms with Crippen molar-refractivity contribution in [1.82, 2.24) is 5.32 Å². The normalized spacial score (nSPS) is 32.2. The van der Waals surface area contributed by atoms with E-state index in [4.69, 9.17) is 4.74 Å². The number of hydrogen-bond donors (Lipinski definition) is 1. The molecule has 0 radical (unpaired) electrons. The summed E-state index contributed by atoms with van der Waals surface area (Å²) in [6.45, 7) is 4.39. The van der Waals surface area contributed by atoms with Gasteiger partial charge >= 0.3 is 0 Å². The highest BCUT2D eigenvalue weighted by atomic mass is 16.5. The zero-order valence-corrected chi connectivity index (χ0v) is 8.47. The van der Waals surface area contributed by atoms with Crippen LogP contribution in [0, 0.1) is 0 Å². The van der Waals surface area contributed by atoms with E-state index >= 15 is 0 Å². The summed E-state index contributed by atoms with van der Waals surface area (Å²) < 4.78 is 5.73. The van der Waals surface area contributed by atoms with Crippen molar-refractivity contribution in [2.75, 3.05) is 7.05 Å². The summed E-state index contributed by atoms with van der Waals surface area (Å²) in [6, 6.07) is 0.629. The first-order chi connectivity index (χ1) is 5.72. The molecule has 0 amide bonds. The first-order valence-electron chi connectivity index (χ1n) is 5.05. The number of nitrogens with one attached hydrogen (secondary N) is 1. The second-order valence-corrected chi connectivity index (χ2v) is 3.91. The Labute approximate surface area is 75.7 Å². The Bertz CT molecular complexity index is 127. The third-order valence-electron chi connectivity index (χ3n) is 2.73. The molecule has 0 spiro atoms. The Balaban J connectivity index is 2.07. The fourth-order valence-electron chi connectivity index (χ4n) is 1.68. The highest BCUT2D eigenvalue weighted by Crippen LogP contribution is 2.22. The standard InChI is InChI=1S/C10H21NO/c1-8(11-3)4-6-10-7-5-9(2)12-10/h8-11H,4-7H2,1-3H3. The molecular weight excluding hydrogens is 150 g/mol. The molecule has 3 atom stereocenters. The van der Waals surface area contributed by atoms with Gasteiger partial charge in [-0.15, -0.1) is 0 Å². The summed E-state index contributed by atoms with van der Waals surface area (Å²) in [5.74, 6) is 0. The van der Waals surface area contributed by atoms with E-state index in [0.29, 0.717) is 18.2 Å². The third kappa shape index (κ3) is 3.11. The highest BCUT2D eigenvalue weighted by Gasteiger charge is 2.21. The quantitative estimate of drug-likeness (QED) is 0.698. The first-order valence-corrected chi connectivity index (χ1v) is 5.05. The van der Waals surface area contributed by atoms with Crippen LogP contribution in [0.3, 0.4) is 0 Å². The monoisotopic (exact) mass is 171 g/mol. The third-order valence-corrected chi connectivity index (χ3v) is 2.73. The molecule has 1 fully saturated rings. The minimum Gasteiger partial charge on any atom is -0.375 e. The molecule has 12 heavy (non-hydrogen) atoms. The summed E-state index contributed by atoms with van der Waals surface area (Å²) in [5, 5.41) is 3.24. The van der Waals surface area contributed by atoms with Crippen molar-refractivity contribution in [1.29, 1.82) is 0 Å². The Morgan fingerprint density at radius 2 is 2.25 bits per heavy atom. The summed E-state index contributed by atoms with van der Waals surface area (Å²) in [7, 11) is 2.02. The predicted octanol–water partition coefficient (Wildman–Crippen LogP) is 1.94. The molecule has 0 aromatic rings. The van der Waals surface area contributed by atoms with Crippen LogP contribution in [0.2, 0.25) is 0 Å². The molecule has 1 aliphatic heterocycles. The number of ether oxygens (including phenoxy) is 1. The average molecular weight is 171 g/mol. The fourth-order valence-corrected chi connectivity index (χ4v) is 1.68. The molecule has 0 saturated carbocycles. The van der Waals surface area contributed by atoms with Gasteiger partial charge in [0.2, 0.25) is 0 Å². The maximum absolute atomic E-state index is 5.73. The van der Waals surface area contributed by atoms with Crippen molar-refractivity contribution in [2.24, 2.45) is 0 Å². The fraction of sp³-hybridized carbons (Fsp3) is 1.00. The van der Waals surface area contributed by atoms with Gasteiger partial charge in [-0.3, -0.25) is 0 Å². The van der Waals surface area contributed by atoms with E-state index in [1.54, 1.807) is 0 Å². The van der Waals surface area contributed by atoms with Gasteiger partial charge in [-0.25, -0.2) is 0 Å². The van der Waals surface area contributed by atoms with Gasteiger partial charge in [0.05, 0.1) is 12.2 Å². The van der Waals surface area contributed by atoms with Crippen molar-refractivity contribution in [3.05, 3.63) is 0 Å². The van der Waals surface area contributed by atoms with Gasteiger partial charge in [0.1, 0.15) is 0 Å². The van der Waals surface area contributed by atoms with Crippen molar-refractivity contribution >= 4 is 0 Å². The minimum absolute atomic E-state index is 0.500. The maximum Gasteiger partial charge on any atom is 0.0580 e. The lowest BCUT2D eigenvalue weighted by atomic mass is 10.1. The highest BCUT2D eigenvalue weighted by molar-refractivity contribution is 4.72. The van der Waals surface area contributed by atoms with Crippen LogP contribution < -0.4 is 5.32 Å². The van der Waals surface area contributed by atoms with E-state index in [0.717, 1.165) is 0 Å². The van der Waals surface area contributed by atoms with Crippen LogP contribution in [-0.4, -0.2) is 25.3 Å². The molecule has 1 rings (SSSR count). The SMILES string of the molecule is CNC(C)CCC1CCC(C)O1. The summed E-state index contributed by atoms with van der Waals surface area (Å²) in [4.78, 5) is 0. The van der Waals surface area contributed by atoms with Gasteiger partial charge in [0, 0.05) is 6.04 Å². The van der Waals surface area contributed by atoms with Crippen LogP contribution in [0.25, 0.3) is 0 Å². The minimum atomic E-state index is 0.500. The van der Waals surface area contributed by atoms with Crippen LogP contribution in [0.5, 0.6) is 0 Å². The topological polar surface area (TPSA) is 21.3 Å². The van der Waals surface area contributed by atoms with Crippen molar-refractivity contribution in [2.45, 2.75) is 57.8 Å². The van der Waals surface area contributed by atoms with Crippen LogP contribution >= 0.6 is 0 Å². The van der Waals surface area contributed by atoms with Crippen LogP contribution in [-0.2, 0) is 4.74 Å². The van der Waals surface area contributed by atoms with E-state index in [1.807, 2.05) is 7.05 Å². The molecule has 72 valence electrons. The molecule has 2 nitrogen and oxygen atoms in total. The molecule has 3 unspecified atom stereocenters. The summed E-state index contributed by atoms with van der Waals surface area (Å²) in [5.41, 5.74) is 0. The molecular formula is C10H21NO. The number of hydrogen-bond acceptors (Lipinski definition) is 2. The molecule has 0 bridgehead atoms. The molecule has 0 aromatic heterocycles. The van der Waals surface area contributed by atoms with Crippen LogP contribution in [0.4, 0.5) is 0 Å². The molecule has 0 aliphatic carbocycles. The van der Waals surface area contributed by atoms with Crippen molar-refractivity contribution in [3.8, 4) is 0 Å². The van der Waals surface area contributed by atoms with Crippen LogP contribution in [0.15, 0.2) is 0 Å². The summed E-state index contributed by atoms with van der Waals surface area (Å²) >= 11 is 0. The first kappa shape index (κ1) is 10.0. The van der Waals surface area contributed by atoms with Crippen molar-refractivity contribution < 1.29 is 4.74 Å². The lowest BCUT2D eigenvalue weighted by molar-refractivity contribution is 0.0485. The van der Waals surface area contributed by atoms with Gasteiger partial charge in [-0.2, -0.15) is 0 Å². The molecule has 1 saturated heterocycles. The Morgan fingerprint density at radius 1 is 1.50 bits per heavy atom. The van der Waals surface area contributed by atoms with Gasteiger partial charge < -0.3 is 10.1 Å². The van der Waals surface area contributed by atoms with Gasteiger partial charge in [-0.05, 0) is 46.6 Å². The Kier molecular flexibility index (Phi) is 4.02. The zero-order chi connectivity index (χ0) is 8.97. The molecule has 2 heteroatoms. The van der Waals surface area contributed by atoms with E-state index < -0.39 is 0 Å². The van der Waals surface area contributed by atoms with Crippen molar-refractivity contribution in [3.63, 3.8) is 0 Å². The molecule has 1 heterocycles. The second-order valence-electron chi connectivity index (χ2n) is 3.91. The van der Waals surface area contributed by atoms with Gasteiger partial charge in [-0.1, -0.05) is 0 Å². The predicted molar refractivity (Wildman–Crippen MR) is 51.3 cm³/mol.